The maximum Gasteiger partial charge on any atom is 0.323 e. The van der Waals surface area contributed by atoms with Crippen molar-refractivity contribution in [3.63, 3.8) is 0 Å². The topological polar surface area (TPSA) is 104 Å². The third kappa shape index (κ3) is 4.03. The standard InChI is InChI=1S/C25H25N5O4/c1-34-19-7-6-18-15-30(22(31)20(18)13-19)16-25(23(32)27-24(33)28-25)10-9-17-5-8-21(26-14-17)29-11-3-2-4-12-29/h5-8,13-14H,2-4,11-12,15-16H2,1H3,(H2,27,28,32,33). The summed E-state index contributed by atoms with van der Waals surface area (Å²) >= 11 is 0. The number of rotatable bonds is 4. The number of anilines is 1. The first-order valence-corrected chi connectivity index (χ1v) is 11.3. The van der Waals surface area contributed by atoms with Gasteiger partial charge in [-0.05, 0) is 49.1 Å². The number of nitrogens with zero attached hydrogens (tertiary/aromatic N) is 3. The molecule has 4 amide bonds. The van der Waals surface area contributed by atoms with E-state index in [0.717, 1.165) is 37.3 Å². The number of carbonyl (C=O) groups excluding carboxylic acids is 3. The first kappa shape index (κ1) is 21.8. The van der Waals surface area contributed by atoms with Crippen molar-refractivity contribution in [1.82, 2.24) is 20.5 Å². The van der Waals surface area contributed by atoms with Crippen molar-refractivity contribution in [3.05, 3.63) is 53.2 Å². The van der Waals surface area contributed by atoms with E-state index in [4.69, 9.17) is 4.74 Å². The zero-order valence-electron chi connectivity index (χ0n) is 18.9. The Bertz CT molecular complexity index is 1210. The van der Waals surface area contributed by atoms with E-state index in [-0.39, 0.29) is 12.5 Å². The average Bonchev–Trinajstić information content (AvgIpc) is 3.32. The van der Waals surface area contributed by atoms with Crippen LogP contribution in [0.1, 0.15) is 40.7 Å². The Labute approximate surface area is 197 Å². The van der Waals surface area contributed by atoms with Crippen molar-refractivity contribution in [2.75, 3.05) is 31.6 Å². The van der Waals surface area contributed by atoms with Crippen molar-refractivity contribution in [2.45, 2.75) is 31.3 Å². The number of carbonyl (C=O) groups is 3. The lowest BCUT2D eigenvalue weighted by Gasteiger charge is -2.27. The van der Waals surface area contributed by atoms with Crippen LogP contribution in [0, 0.1) is 11.8 Å². The van der Waals surface area contributed by atoms with Gasteiger partial charge in [-0.25, -0.2) is 9.78 Å². The van der Waals surface area contributed by atoms with Gasteiger partial charge in [-0.15, -0.1) is 0 Å². The zero-order chi connectivity index (χ0) is 23.7. The average molecular weight is 460 g/mol. The SMILES string of the molecule is COc1ccc2c(c1)C(=O)N(CC1(C#Cc3ccc(N4CCCCC4)nc3)NC(=O)NC1=O)C2. The predicted molar refractivity (Wildman–Crippen MR) is 124 cm³/mol. The minimum Gasteiger partial charge on any atom is -0.497 e. The van der Waals surface area contributed by atoms with Crippen molar-refractivity contribution in [1.29, 1.82) is 0 Å². The molecule has 1 unspecified atom stereocenters. The molecule has 9 nitrogen and oxygen atoms in total. The van der Waals surface area contributed by atoms with Gasteiger partial charge >= 0.3 is 6.03 Å². The number of nitrogens with one attached hydrogen (secondary N) is 2. The van der Waals surface area contributed by atoms with Gasteiger partial charge in [-0.3, -0.25) is 14.9 Å². The van der Waals surface area contributed by atoms with Crippen LogP contribution in [0.15, 0.2) is 36.5 Å². The largest absolute Gasteiger partial charge is 0.497 e. The fourth-order valence-electron chi connectivity index (χ4n) is 4.56. The summed E-state index contributed by atoms with van der Waals surface area (Å²) in [5, 5.41) is 4.88. The number of hydrogen-bond donors (Lipinski definition) is 2. The van der Waals surface area contributed by atoms with Crippen molar-refractivity contribution < 1.29 is 19.1 Å². The number of urea groups is 1. The van der Waals surface area contributed by atoms with E-state index in [9.17, 15) is 14.4 Å². The second-order valence-electron chi connectivity index (χ2n) is 8.70. The molecule has 3 aliphatic heterocycles. The first-order valence-electron chi connectivity index (χ1n) is 11.3. The van der Waals surface area contributed by atoms with Crippen LogP contribution in [0.25, 0.3) is 0 Å². The van der Waals surface area contributed by atoms with Gasteiger partial charge in [-0.2, -0.15) is 0 Å². The number of pyridine rings is 1. The summed E-state index contributed by atoms with van der Waals surface area (Å²) in [5.41, 5.74) is 0.417. The van der Waals surface area contributed by atoms with E-state index in [1.165, 1.54) is 18.4 Å². The molecule has 1 aromatic carbocycles. The number of methoxy groups -OCH3 is 1. The Hall–Kier alpha value is -4.06. The normalized spacial score (nSPS) is 21.5. The van der Waals surface area contributed by atoms with Gasteiger partial charge in [0.15, 0.2) is 0 Å². The fourth-order valence-corrected chi connectivity index (χ4v) is 4.56. The molecule has 0 spiro atoms. The summed E-state index contributed by atoms with van der Waals surface area (Å²) in [6.07, 6.45) is 5.23. The van der Waals surface area contributed by atoms with Crippen LogP contribution in [0.3, 0.4) is 0 Å². The highest BCUT2D eigenvalue weighted by molar-refractivity contribution is 6.10. The number of piperidine rings is 1. The third-order valence-electron chi connectivity index (χ3n) is 6.41. The summed E-state index contributed by atoms with van der Waals surface area (Å²) in [6.45, 7) is 2.22. The van der Waals surface area contributed by atoms with Crippen molar-refractivity contribution in [3.8, 4) is 17.6 Å². The highest BCUT2D eigenvalue weighted by Crippen LogP contribution is 2.28. The van der Waals surface area contributed by atoms with E-state index in [0.29, 0.717) is 23.4 Å². The molecule has 1 atom stereocenters. The van der Waals surface area contributed by atoms with E-state index >= 15 is 0 Å². The molecule has 2 saturated heterocycles. The molecule has 1 aromatic heterocycles. The molecular weight excluding hydrogens is 434 g/mol. The van der Waals surface area contributed by atoms with Crippen LogP contribution in [0.2, 0.25) is 0 Å². The molecular formula is C25H25N5O4. The lowest BCUT2D eigenvalue weighted by Crippen LogP contribution is -2.54. The minimum atomic E-state index is -1.55. The Kier molecular flexibility index (Phi) is 5.57. The highest BCUT2D eigenvalue weighted by atomic mass is 16.5. The Morgan fingerprint density at radius 2 is 1.94 bits per heavy atom. The van der Waals surface area contributed by atoms with Crippen LogP contribution in [-0.2, 0) is 11.3 Å². The molecule has 2 N–H and O–H groups in total. The summed E-state index contributed by atoms with van der Waals surface area (Å²) in [4.78, 5) is 46.1. The number of fused-ring (bicyclic) bond motifs is 1. The van der Waals surface area contributed by atoms with Gasteiger partial charge in [0.1, 0.15) is 11.6 Å². The molecule has 2 aromatic rings. The predicted octanol–water partition coefficient (Wildman–Crippen LogP) is 1.67. The number of amides is 4. The van der Waals surface area contributed by atoms with Crippen LogP contribution in [0.4, 0.5) is 10.6 Å². The molecule has 174 valence electrons. The maximum absolute atomic E-state index is 13.0. The van der Waals surface area contributed by atoms with Crippen molar-refractivity contribution >= 4 is 23.7 Å². The lowest BCUT2D eigenvalue weighted by atomic mass is 9.99. The summed E-state index contributed by atoms with van der Waals surface area (Å²) in [5.74, 6) is 6.56. The molecule has 4 heterocycles. The molecule has 0 radical (unpaired) electrons. The lowest BCUT2D eigenvalue weighted by molar-refractivity contribution is -0.122. The molecule has 2 fully saturated rings. The summed E-state index contributed by atoms with van der Waals surface area (Å²) in [7, 11) is 1.54. The van der Waals surface area contributed by atoms with Crippen LogP contribution in [-0.4, -0.2) is 60.0 Å². The molecule has 0 aliphatic carbocycles. The maximum atomic E-state index is 13.0. The monoisotopic (exact) mass is 459 g/mol. The van der Waals surface area contributed by atoms with Gasteiger partial charge in [0, 0.05) is 37.0 Å². The van der Waals surface area contributed by atoms with E-state index in [1.54, 1.807) is 18.3 Å². The number of hydrogen-bond acceptors (Lipinski definition) is 6. The van der Waals surface area contributed by atoms with Crippen LogP contribution >= 0.6 is 0 Å². The Morgan fingerprint density at radius 3 is 2.62 bits per heavy atom. The number of imide groups is 1. The van der Waals surface area contributed by atoms with Gasteiger partial charge in [0.05, 0.1) is 13.7 Å². The van der Waals surface area contributed by atoms with E-state index in [2.05, 4.69) is 32.4 Å². The zero-order valence-corrected chi connectivity index (χ0v) is 18.9. The summed E-state index contributed by atoms with van der Waals surface area (Å²) in [6, 6.07) is 8.43. The molecule has 9 heteroatoms. The molecule has 34 heavy (non-hydrogen) atoms. The molecule has 3 aliphatic rings. The second kappa shape index (κ2) is 8.71. The summed E-state index contributed by atoms with van der Waals surface area (Å²) < 4.78 is 5.22. The third-order valence-corrected chi connectivity index (χ3v) is 6.41. The number of aromatic nitrogens is 1. The molecule has 5 rings (SSSR count). The number of ether oxygens (including phenoxy) is 1. The Balaban J connectivity index is 1.38. The van der Waals surface area contributed by atoms with E-state index < -0.39 is 17.5 Å². The Morgan fingerprint density at radius 1 is 1.12 bits per heavy atom. The highest BCUT2D eigenvalue weighted by Gasteiger charge is 2.48. The fraction of sp³-hybridized carbons (Fsp3) is 0.360. The van der Waals surface area contributed by atoms with Crippen LogP contribution in [0.5, 0.6) is 5.75 Å². The van der Waals surface area contributed by atoms with E-state index in [1.807, 2.05) is 18.2 Å². The van der Waals surface area contributed by atoms with Gasteiger partial charge in [0.25, 0.3) is 11.8 Å². The first-order chi connectivity index (χ1) is 16.5. The second-order valence-corrected chi connectivity index (χ2v) is 8.70. The van der Waals surface area contributed by atoms with Gasteiger partial charge in [0.2, 0.25) is 5.54 Å². The number of benzene rings is 1. The smallest absolute Gasteiger partial charge is 0.323 e. The molecule has 0 bridgehead atoms. The van der Waals surface area contributed by atoms with Crippen molar-refractivity contribution in [2.24, 2.45) is 0 Å². The van der Waals surface area contributed by atoms with Gasteiger partial charge < -0.3 is 19.9 Å². The molecule has 0 saturated carbocycles. The quantitative estimate of drug-likeness (QED) is 0.533. The van der Waals surface area contributed by atoms with Gasteiger partial charge in [-0.1, -0.05) is 17.9 Å². The minimum absolute atomic E-state index is 0.0767. The van der Waals surface area contributed by atoms with Crippen LogP contribution < -0.4 is 20.3 Å².